The Morgan fingerprint density at radius 3 is 2.44 bits per heavy atom. The Morgan fingerprint density at radius 2 is 1.83 bits per heavy atom. The molecular weight excluding hydrogens is 260 g/mol. The van der Waals surface area contributed by atoms with E-state index in [9.17, 15) is 13.6 Å². The molecule has 2 aromatic rings. The second-order valence-corrected chi connectivity index (χ2v) is 4.09. The van der Waals surface area contributed by atoms with Gasteiger partial charge in [-0.1, -0.05) is 23.7 Å². The average molecular weight is 268 g/mol. The van der Waals surface area contributed by atoms with Crippen LogP contribution < -0.4 is 5.73 Å². The first kappa shape index (κ1) is 12.5. The molecule has 0 aliphatic carbocycles. The molecule has 5 heteroatoms. The van der Waals surface area contributed by atoms with E-state index in [4.69, 9.17) is 17.3 Å². The summed E-state index contributed by atoms with van der Waals surface area (Å²) in [4.78, 5) is 11.2. The molecule has 0 atom stereocenters. The normalized spacial score (nSPS) is 10.4. The Bertz CT molecular complexity index is 628. The third-order valence-corrected chi connectivity index (χ3v) is 2.77. The zero-order chi connectivity index (χ0) is 13.3. The predicted molar refractivity (Wildman–Crippen MR) is 65.3 cm³/mol. The zero-order valence-corrected chi connectivity index (χ0v) is 9.84. The topological polar surface area (TPSA) is 43.1 Å². The maximum Gasteiger partial charge on any atom is 0.249 e. The van der Waals surface area contributed by atoms with E-state index >= 15 is 0 Å². The van der Waals surface area contributed by atoms with Crippen molar-refractivity contribution in [3.05, 3.63) is 58.6 Å². The number of primary amides is 1. The van der Waals surface area contributed by atoms with Crippen molar-refractivity contribution in [1.29, 1.82) is 0 Å². The average Bonchev–Trinajstić information content (AvgIpc) is 2.32. The molecule has 0 saturated heterocycles. The van der Waals surface area contributed by atoms with E-state index in [1.165, 1.54) is 30.3 Å². The van der Waals surface area contributed by atoms with Crippen LogP contribution in [-0.2, 0) is 0 Å². The molecule has 18 heavy (non-hydrogen) atoms. The van der Waals surface area contributed by atoms with Crippen LogP contribution in [0.15, 0.2) is 36.4 Å². The van der Waals surface area contributed by atoms with Crippen LogP contribution in [0.2, 0.25) is 5.02 Å². The van der Waals surface area contributed by atoms with E-state index in [0.29, 0.717) is 11.1 Å². The quantitative estimate of drug-likeness (QED) is 0.890. The maximum absolute atomic E-state index is 13.1. The lowest BCUT2D eigenvalue weighted by Gasteiger charge is -2.08. The van der Waals surface area contributed by atoms with Crippen LogP contribution >= 0.6 is 11.6 Å². The fourth-order valence-corrected chi connectivity index (χ4v) is 1.82. The zero-order valence-electron chi connectivity index (χ0n) is 9.08. The predicted octanol–water partition coefficient (Wildman–Crippen LogP) is 3.38. The molecule has 1 amide bonds. The minimum Gasteiger partial charge on any atom is -0.366 e. The number of halogens is 3. The minimum absolute atomic E-state index is 0.0256. The van der Waals surface area contributed by atoms with Crippen molar-refractivity contribution < 1.29 is 13.6 Å². The van der Waals surface area contributed by atoms with Crippen molar-refractivity contribution in [2.75, 3.05) is 0 Å². The highest BCUT2D eigenvalue weighted by Crippen LogP contribution is 2.28. The van der Waals surface area contributed by atoms with Crippen molar-refractivity contribution >= 4 is 17.5 Å². The molecule has 92 valence electrons. The van der Waals surface area contributed by atoms with Gasteiger partial charge in [0.25, 0.3) is 0 Å². The van der Waals surface area contributed by atoms with Crippen molar-refractivity contribution in [2.45, 2.75) is 0 Å². The third-order valence-electron chi connectivity index (χ3n) is 2.48. The minimum atomic E-state index is -0.759. The molecule has 0 spiro atoms. The molecule has 0 aromatic heterocycles. The maximum atomic E-state index is 13.1. The molecule has 2 nitrogen and oxygen atoms in total. The molecule has 0 saturated carbocycles. The number of hydrogen-bond acceptors (Lipinski definition) is 1. The molecule has 0 radical (unpaired) electrons. The van der Waals surface area contributed by atoms with Gasteiger partial charge in [0.05, 0.1) is 5.02 Å². The Kier molecular flexibility index (Phi) is 3.30. The van der Waals surface area contributed by atoms with Crippen LogP contribution in [0.3, 0.4) is 0 Å². The Labute approximate surface area is 107 Å². The molecule has 0 aliphatic heterocycles. The smallest absolute Gasteiger partial charge is 0.249 e. The summed E-state index contributed by atoms with van der Waals surface area (Å²) in [5, 5.41) is -0.0766. The summed E-state index contributed by atoms with van der Waals surface area (Å²) in [7, 11) is 0. The number of benzene rings is 2. The summed E-state index contributed by atoms with van der Waals surface area (Å²) < 4.78 is 26.1. The molecular formula is C13H8ClF2NO. The van der Waals surface area contributed by atoms with E-state index in [0.717, 1.165) is 6.07 Å². The van der Waals surface area contributed by atoms with E-state index in [1.807, 2.05) is 0 Å². The number of amides is 1. The Balaban J connectivity index is 2.63. The Hall–Kier alpha value is -1.94. The summed E-state index contributed by atoms with van der Waals surface area (Å²) in [6.45, 7) is 0. The molecule has 0 aliphatic rings. The lowest BCUT2D eigenvalue weighted by atomic mass is 9.99. The SMILES string of the molecule is NC(=O)c1cc(F)ccc1-c1ccc(F)c(Cl)c1. The number of hydrogen-bond donors (Lipinski definition) is 1. The van der Waals surface area contributed by atoms with Crippen molar-refractivity contribution in [3.63, 3.8) is 0 Å². The van der Waals surface area contributed by atoms with Gasteiger partial charge in [0.1, 0.15) is 11.6 Å². The fraction of sp³-hybridized carbons (Fsp3) is 0. The van der Waals surface area contributed by atoms with E-state index in [-0.39, 0.29) is 10.6 Å². The fourth-order valence-electron chi connectivity index (χ4n) is 1.64. The van der Waals surface area contributed by atoms with Crippen LogP contribution in [0, 0.1) is 11.6 Å². The van der Waals surface area contributed by atoms with Crippen LogP contribution in [0.1, 0.15) is 10.4 Å². The van der Waals surface area contributed by atoms with E-state index in [1.54, 1.807) is 0 Å². The van der Waals surface area contributed by atoms with Gasteiger partial charge in [0.15, 0.2) is 0 Å². The lowest BCUT2D eigenvalue weighted by Crippen LogP contribution is -2.12. The second-order valence-electron chi connectivity index (χ2n) is 3.68. The van der Waals surface area contributed by atoms with Crippen molar-refractivity contribution in [2.24, 2.45) is 5.73 Å². The molecule has 0 heterocycles. The molecule has 0 bridgehead atoms. The highest BCUT2D eigenvalue weighted by molar-refractivity contribution is 6.31. The summed E-state index contributed by atoms with van der Waals surface area (Å²) >= 11 is 5.66. The molecule has 0 unspecified atom stereocenters. The van der Waals surface area contributed by atoms with Gasteiger partial charge in [0.2, 0.25) is 5.91 Å². The highest BCUT2D eigenvalue weighted by atomic mass is 35.5. The van der Waals surface area contributed by atoms with Crippen LogP contribution in [0.4, 0.5) is 8.78 Å². The van der Waals surface area contributed by atoms with E-state index in [2.05, 4.69) is 0 Å². The monoisotopic (exact) mass is 267 g/mol. The number of carbonyl (C=O) groups is 1. The summed E-state index contributed by atoms with van der Waals surface area (Å²) in [6, 6.07) is 7.61. The number of nitrogens with two attached hydrogens (primary N) is 1. The summed E-state index contributed by atoms with van der Waals surface area (Å²) in [6.07, 6.45) is 0. The van der Waals surface area contributed by atoms with Gasteiger partial charge in [-0.3, -0.25) is 4.79 Å². The van der Waals surface area contributed by atoms with Crippen LogP contribution in [0.25, 0.3) is 11.1 Å². The lowest BCUT2D eigenvalue weighted by molar-refractivity contribution is 0.100. The van der Waals surface area contributed by atoms with Gasteiger partial charge in [-0.15, -0.1) is 0 Å². The van der Waals surface area contributed by atoms with Crippen molar-refractivity contribution in [3.8, 4) is 11.1 Å². The standard InChI is InChI=1S/C13H8ClF2NO/c14-11-5-7(1-4-12(11)16)9-3-2-8(15)6-10(9)13(17)18/h1-6H,(H2,17,18). The van der Waals surface area contributed by atoms with Crippen LogP contribution in [-0.4, -0.2) is 5.91 Å². The van der Waals surface area contributed by atoms with Gasteiger partial charge in [-0.05, 0) is 35.4 Å². The highest BCUT2D eigenvalue weighted by Gasteiger charge is 2.12. The van der Waals surface area contributed by atoms with Gasteiger partial charge >= 0.3 is 0 Å². The molecule has 2 aromatic carbocycles. The third kappa shape index (κ3) is 2.33. The number of rotatable bonds is 2. The summed E-state index contributed by atoms with van der Waals surface area (Å²) in [5.41, 5.74) is 6.11. The first-order valence-electron chi connectivity index (χ1n) is 5.04. The molecule has 2 N–H and O–H groups in total. The summed E-state index contributed by atoms with van der Waals surface area (Å²) in [5.74, 6) is -1.89. The largest absolute Gasteiger partial charge is 0.366 e. The van der Waals surface area contributed by atoms with Crippen LogP contribution in [0.5, 0.6) is 0 Å². The molecule has 0 fully saturated rings. The van der Waals surface area contributed by atoms with Gasteiger partial charge in [-0.25, -0.2) is 8.78 Å². The number of carbonyl (C=O) groups excluding carboxylic acids is 1. The first-order chi connectivity index (χ1) is 8.49. The van der Waals surface area contributed by atoms with Crippen molar-refractivity contribution in [1.82, 2.24) is 0 Å². The first-order valence-corrected chi connectivity index (χ1v) is 5.41. The van der Waals surface area contributed by atoms with Gasteiger partial charge in [-0.2, -0.15) is 0 Å². The van der Waals surface area contributed by atoms with Gasteiger partial charge < -0.3 is 5.73 Å². The van der Waals surface area contributed by atoms with Gasteiger partial charge in [0, 0.05) is 5.56 Å². The Morgan fingerprint density at radius 1 is 1.11 bits per heavy atom. The second kappa shape index (κ2) is 4.74. The van der Waals surface area contributed by atoms with E-state index < -0.39 is 17.5 Å². The molecule has 2 rings (SSSR count).